The van der Waals surface area contributed by atoms with Crippen LogP contribution >= 0.6 is 0 Å². The van der Waals surface area contributed by atoms with Gasteiger partial charge in [-0.25, -0.2) is 4.79 Å². The maximum atomic E-state index is 14.7. The molecule has 4 N–H and O–H groups in total. The molecule has 1 aromatic carbocycles. The van der Waals surface area contributed by atoms with Gasteiger partial charge in [0.15, 0.2) is 0 Å². The number of likely N-dealkylation sites (tertiary alicyclic amines) is 2. The molecule has 3 heterocycles. The Kier molecular flexibility index (Phi) is 30.4. The number of carboxylic acids is 1. The van der Waals surface area contributed by atoms with Crippen molar-refractivity contribution in [3.05, 3.63) is 48.0 Å². The normalized spacial score (nSPS) is 20.3. The Morgan fingerprint density at radius 1 is 0.765 bits per heavy atom. The molecule has 4 rings (SSSR count). The number of carboxylic acid groups (broad SMARTS) is 1. The zero-order chi connectivity index (χ0) is 59.5. The Morgan fingerprint density at radius 3 is 1.84 bits per heavy atom. The SMILES string of the molecule is CC[C@H](C)[C@@H]([C@@H](CC(=O)N1CCC[C@H]1[C@H](OC)[C@@H](C)C(=O)N[C@@H](Cc1ccccc1)C(=O)O)OC)N(C)C(=O)[C@@H](NC(O)[C@]1(C)CCCN1C(=O)CCOCCOCCOCCOCCOCCOCCN1C(=O)C=CC1=O)C(C)C. The molecule has 23 nitrogen and oxygen atoms in total. The standard InChI is InChI=1S/C58H94N6O17/c1-10-41(4)52(46(74-8)39-50(68)62-23-14-18-45(62)53(75-9)42(5)54(69)59-44(56(71)72)38-43-16-12-11-13-17-43)61(7)55(70)51(40(2)3)60-57(73)58(6)22-15-24-64(58)49(67)21-26-76-28-30-78-32-34-80-36-37-81-35-33-79-31-29-77-27-25-63-47(65)19-20-48(63)66/h11-13,16-17,19-20,40-42,44-46,51-53,57,60,73H,10,14-15,18,21-39H2,1-9H3,(H,59,69)(H,71,72)/t41-,42+,44-,45-,46+,51-,52-,53+,57?,58-/m0/s1. The van der Waals surface area contributed by atoms with Crippen LogP contribution in [0.2, 0.25) is 0 Å². The van der Waals surface area contributed by atoms with Crippen molar-refractivity contribution in [1.82, 2.24) is 30.2 Å². The van der Waals surface area contributed by atoms with E-state index in [0.717, 1.165) is 10.5 Å². The Hall–Kier alpha value is -4.95. The van der Waals surface area contributed by atoms with Gasteiger partial charge in [-0.05, 0) is 50.0 Å². The van der Waals surface area contributed by atoms with Crippen LogP contribution in [0.25, 0.3) is 0 Å². The van der Waals surface area contributed by atoms with Crippen LogP contribution < -0.4 is 10.6 Å². The molecule has 2 fully saturated rings. The summed E-state index contributed by atoms with van der Waals surface area (Å²) < 4.78 is 45.2. The third-order valence-electron chi connectivity index (χ3n) is 15.7. The van der Waals surface area contributed by atoms with Crippen molar-refractivity contribution < 1.29 is 81.7 Å². The van der Waals surface area contributed by atoms with Crippen LogP contribution in [0, 0.1) is 17.8 Å². The number of carbonyl (C=O) groups excluding carboxylic acids is 6. The van der Waals surface area contributed by atoms with E-state index in [1.54, 1.807) is 40.8 Å². The summed E-state index contributed by atoms with van der Waals surface area (Å²) in [7, 11) is 4.70. The van der Waals surface area contributed by atoms with E-state index in [2.05, 4.69) is 10.6 Å². The predicted molar refractivity (Wildman–Crippen MR) is 298 cm³/mol. The zero-order valence-electron chi connectivity index (χ0n) is 49.4. The average molecular weight is 1150 g/mol. The first-order chi connectivity index (χ1) is 38.8. The number of hydrogen-bond acceptors (Lipinski definition) is 17. The maximum absolute atomic E-state index is 14.7. The quantitative estimate of drug-likeness (QED) is 0.0417. The smallest absolute Gasteiger partial charge is 0.326 e. The first kappa shape index (κ1) is 68.5. The number of nitrogens with zero attached hydrogens (tertiary/aromatic N) is 4. The minimum atomic E-state index is -1.26. The number of aliphatic hydroxyl groups excluding tert-OH is 1. The molecular formula is C58H94N6O17. The number of aliphatic carboxylic acids is 1. The molecule has 458 valence electrons. The van der Waals surface area contributed by atoms with Gasteiger partial charge in [-0.2, -0.15) is 0 Å². The maximum Gasteiger partial charge on any atom is 0.326 e. The van der Waals surface area contributed by atoms with E-state index < -0.39 is 65.9 Å². The Morgan fingerprint density at radius 2 is 1.32 bits per heavy atom. The van der Waals surface area contributed by atoms with E-state index in [-0.39, 0.29) is 87.0 Å². The number of aliphatic hydroxyl groups is 1. The van der Waals surface area contributed by atoms with Gasteiger partial charge in [-0.15, -0.1) is 0 Å². The fourth-order valence-electron chi connectivity index (χ4n) is 10.8. The van der Waals surface area contributed by atoms with E-state index in [0.29, 0.717) is 105 Å². The predicted octanol–water partition coefficient (Wildman–Crippen LogP) is 2.45. The van der Waals surface area contributed by atoms with Crippen molar-refractivity contribution in [3.63, 3.8) is 0 Å². The summed E-state index contributed by atoms with van der Waals surface area (Å²) in [5.74, 6) is -4.21. The van der Waals surface area contributed by atoms with Crippen molar-refractivity contribution in [1.29, 1.82) is 0 Å². The highest BCUT2D eigenvalue weighted by molar-refractivity contribution is 6.12. The second-order valence-electron chi connectivity index (χ2n) is 21.6. The molecule has 0 bridgehead atoms. The van der Waals surface area contributed by atoms with E-state index in [1.165, 1.54) is 26.4 Å². The van der Waals surface area contributed by atoms with Crippen molar-refractivity contribution in [2.24, 2.45) is 17.8 Å². The van der Waals surface area contributed by atoms with Gasteiger partial charge in [-0.3, -0.25) is 39.0 Å². The molecule has 3 aliphatic heterocycles. The lowest BCUT2D eigenvalue weighted by atomic mass is 9.89. The molecular weight excluding hydrogens is 1050 g/mol. The van der Waals surface area contributed by atoms with Crippen LogP contribution in [0.3, 0.4) is 0 Å². The van der Waals surface area contributed by atoms with Gasteiger partial charge in [0.1, 0.15) is 12.3 Å². The first-order valence-electron chi connectivity index (χ1n) is 28.7. The molecule has 81 heavy (non-hydrogen) atoms. The van der Waals surface area contributed by atoms with Crippen molar-refractivity contribution in [3.8, 4) is 0 Å². The number of benzene rings is 1. The third-order valence-corrected chi connectivity index (χ3v) is 15.7. The monoisotopic (exact) mass is 1150 g/mol. The number of methoxy groups -OCH3 is 2. The van der Waals surface area contributed by atoms with E-state index in [1.807, 2.05) is 52.8 Å². The molecule has 0 radical (unpaired) electrons. The highest BCUT2D eigenvalue weighted by Crippen LogP contribution is 2.34. The fourth-order valence-corrected chi connectivity index (χ4v) is 10.8. The molecule has 1 aromatic rings. The van der Waals surface area contributed by atoms with Crippen LogP contribution in [0.5, 0.6) is 0 Å². The second kappa shape index (κ2) is 35.9. The Labute approximate surface area is 478 Å². The number of likely N-dealkylation sites (N-methyl/N-ethyl adjacent to an activating group) is 1. The number of nitrogens with one attached hydrogen (secondary N) is 2. The zero-order valence-corrected chi connectivity index (χ0v) is 49.4. The average Bonchev–Trinajstić information content (AvgIpc) is 4.44. The molecule has 2 saturated heterocycles. The summed E-state index contributed by atoms with van der Waals surface area (Å²) in [5.41, 5.74) is -0.245. The van der Waals surface area contributed by atoms with Crippen LogP contribution in [-0.2, 0) is 77.9 Å². The van der Waals surface area contributed by atoms with Gasteiger partial charge in [0.25, 0.3) is 11.8 Å². The second-order valence-corrected chi connectivity index (χ2v) is 21.6. The highest BCUT2D eigenvalue weighted by Gasteiger charge is 2.48. The van der Waals surface area contributed by atoms with Gasteiger partial charge in [-0.1, -0.05) is 71.4 Å². The molecule has 0 saturated carbocycles. The van der Waals surface area contributed by atoms with Crippen LogP contribution in [0.4, 0.5) is 0 Å². The summed E-state index contributed by atoms with van der Waals surface area (Å²) in [4.78, 5) is 97.8. The lowest BCUT2D eigenvalue weighted by Gasteiger charge is -2.43. The molecule has 3 aliphatic rings. The number of carbonyl (C=O) groups is 7. The minimum absolute atomic E-state index is 0.0639. The summed E-state index contributed by atoms with van der Waals surface area (Å²) in [5, 5.41) is 27.8. The number of imide groups is 1. The number of ether oxygens (including phenoxy) is 8. The molecule has 10 atom stereocenters. The lowest BCUT2D eigenvalue weighted by molar-refractivity contribution is -0.149. The van der Waals surface area contributed by atoms with Crippen LogP contribution in [0.15, 0.2) is 42.5 Å². The van der Waals surface area contributed by atoms with E-state index in [4.69, 9.17) is 37.9 Å². The highest BCUT2D eigenvalue weighted by atomic mass is 16.6. The topological polar surface area (TPSA) is 271 Å². The molecule has 0 spiro atoms. The molecule has 0 aliphatic carbocycles. The Balaban J connectivity index is 1.19. The van der Waals surface area contributed by atoms with E-state index in [9.17, 15) is 43.8 Å². The third kappa shape index (κ3) is 21.0. The lowest BCUT2D eigenvalue weighted by Crippen LogP contribution is -2.64. The van der Waals surface area contributed by atoms with Crippen LogP contribution in [-0.4, -0.2) is 240 Å². The van der Waals surface area contributed by atoms with Gasteiger partial charge < -0.3 is 68.1 Å². The first-order valence-corrected chi connectivity index (χ1v) is 28.7. The van der Waals surface area contributed by atoms with Crippen molar-refractivity contribution in [2.75, 3.05) is 120 Å². The molecule has 0 aromatic heterocycles. The van der Waals surface area contributed by atoms with Gasteiger partial charge in [0.2, 0.25) is 23.6 Å². The largest absolute Gasteiger partial charge is 0.480 e. The number of rotatable bonds is 41. The van der Waals surface area contributed by atoms with Crippen molar-refractivity contribution >= 4 is 41.4 Å². The Bertz CT molecular complexity index is 2120. The molecule has 23 heteroatoms. The van der Waals surface area contributed by atoms with Crippen LogP contribution in [0.1, 0.15) is 92.1 Å². The summed E-state index contributed by atoms with van der Waals surface area (Å²) >= 11 is 0. The fraction of sp³-hybridized carbons (Fsp3) is 0.741. The van der Waals surface area contributed by atoms with E-state index >= 15 is 0 Å². The van der Waals surface area contributed by atoms with Gasteiger partial charge >= 0.3 is 5.97 Å². The molecule has 1 unspecified atom stereocenters. The summed E-state index contributed by atoms with van der Waals surface area (Å²) in [6, 6.07) is 6.00. The molecule has 6 amide bonds. The number of amides is 6. The number of hydrogen-bond donors (Lipinski definition) is 4. The van der Waals surface area contributed by atoms with Gasteiger partial charge in [0, 0.05) is 52.9 Å². The summed E-state index contributed by atoms with van der Waals surface area (Å²) in [6.07, 6.45) is 2.99. The van der Waals surface area contributed by atoms with Crippen molar-refractivity contribution in [2.45, 2.75) is 141 Å². The minimum Gasteiger partial charge on any atom is -0.480 e. The van der Waals surface area contributed by atoms with Gasteiger partial charge in [0.05, 0.1) is 140 Å². The summed E-state index contributed by atoms with van der Waals surface area (Å²) in [6.45, 7) is 16.3.